The quantitative estimate of drug-likeness (QED) is 0.509. The lowest BCUT2D eigenvalue weighted by Crippen LogP contribution is -2.27. The number of nitrogens with one attached hydrogen (secondary N) is 1. The van der Waals surface area contributed by atoms with Gasteiger partial charge in [-0.1, -0.05) is 12.1 Å². The van der Waals surface area contributed by atoms with Gasteiger partial charge in [0.1, 0.15) is 10.7 Å². The van der Waals surface area contributed by atoms with Gasteiger partial charge in [-0.25, -0.2) is 9.97 Å². The smallest absolute Gasteiger partial charge is 0.264 e. The Hall–Kier alpha value is -3.04. The number of H-pyrrole nitrogens is 1. The topological polar surface area (TPSA) is 83.4 Å². The average molecular weight is 395 g/mol. The number of carbonyl (C=O) groups excluding carboxylic acids is 1. The molecule has 0 spiro atoms. The van der Waals surface area contributed by atoms with Crippen molar-refractivity contribution in [2.24, 2.45) is 0 Å². The van der Waals surface area contributed by atoms with Gasteiger partial charge < -0.3 is 9.88 Å². The van der Waals surface area contributed by atoms with Crippen molar-refractivity contribution in [2.75, 3.05) is 7.05 Å². The lowest BCUT2D eigenvalue weighted by molar-refractivity contribution is 0.0786. The Labute approximate surface area is 160 Å². The van der Waals surface area contributed by atoms with Crippen molar-refractivity contribution in [1.29, 1.82) is 0 Å². The summed E-state index contributed by atoms with van der Waals surface area (Å²) in [6, 6.07) is 9.01. The van der Waals surface area contributed by atoms with Gasteiger partial charge in [-0.3, -0.25) is 14.0 Å². The minimum absolute atomic E-state index is 0.127. The van der Waals surface area contributed by atoms with Gasteiger partial charge in [-0.2, -0.15) is 0 Å². The lowest BCUT2D eigenvalue weighted by atomic mass is 10.2. The molecule has 5 rings (SSSR count). The monoisotopic (exact) mass is 395 g/mol. The molecule has 0 aliphatic heterocycles. The summed E-state index contributed by atoms with van der Waals surface area (Å²) in [4.78, 5) is 40.7. The Bertz CT molecular complexity index is 1380. The fourth-order valence-electron chi connectivity index (χ4n) is 3.05. The summed E-state index contributed by atoms with van der Waals surface area (Å²) >= 11 is 2.93. The molecule has 0 atom stereocenters. The zero-order chi connectivity index (χ0) is 18.5. The number of para-hydroxylation sites is 1. The van der Waals surface area contributed by atoms with Crippen LogP contribution in [0.15, 0.2) is 46.7 Å². The molecule has 27 heavy (non-hydrogen) atoms. The van der Waals surface area contributed by atoms with Gasteiger partial charge in [-0.05, 0) is 18.2 Å². The Morgan fingerprint density at radius 3 is 3.04 bits per heavy atom. The number of hydrogen-bond acceptors (Lipinski definition) is 6. The Kier molecular flexibility index (Phi) is 3.59. The number of thiazole rings is 1. The number of nitrogens with zero attached hydrogens (tertiary/aromatic N) is 4. The van der Waals surface area contributed by atoms with Crippen LogP contribution in [0.25, 0.3) is 26.2 Å². The van der Waals surface area contributed by atoms with Crippen LogP contribution >= 0.6 is 22.7 Å². The lowest BCUT2D eigenvalue weighted by Gasteiger charge is -2.15. The molecule has 0 radical (unpaired) electrons. The van der Waals surface area contributed by atoms with Crippen LogP contribution in [0.5, 0.6) is 0 Å². The van der Waals surface area contributed by atoms with Crippen LogP contribution in [0, 0.1) is 0 Å². The minimum atomic E-state index is -0.202. The van der Waals surface area contributed by atoms with Crippen molar-refractivity contribution in [3.63, 3.8) is 0 Å². The van der Waals surface area contributed by atoms with Crippen molar-refractivity contribution in [1.82, 2.24) is 24.3 Å². The van der Waals surface area contributed by atoms with Crippen LogP contribution in [-0.2, 0) is 6.54 Å². The van der Waals surface area contributed by atoms with E-state index in [4.69, 9.17) is 0 Å². The van der Waals surface area contributed by atoms with Crippen LogP contribution in [0.1, 0.15) is 15.5 Å². The van der Waals surface area contributed by atoms with Gasteiger partial charge >= 0.3 is 0 Å². The third kappa shape index (κ3) is 2.63. The third-order valence-corrected chi connectivity index (χ3v) is 6.11. The number of carbonyl (C=O) groups is 1. The Morgan fingerprint density at radius 2 is 2.15 bits per heavy atom. The highest BCUT2D eigenvalue weighted by atomic mass is 32.1. The number of amides is 1. The van der Waals surface area contributed by atoms with E-state index in [1.165, 1.54) is 11.3 Å². The third-order valence-electron chi connectivity index (χ3n) is 4.35. The summed E-state index contributed by atoms with van der Waals surface area (Å²) in [7, 11) is 1.70. The molecule has 0 saturated carbocycles. The zero-order valence-corrected chi connectivity index (χ0v) is 15.8. The highest BCUT2D eigenvalue weighted by Crippen LogP contribution is 2.29. The number of rotatable bonds is 3. The van der Waals surface area contributed by atoms with Gasteiger partial charge in [0.05, 0.1) is 27.8 Å². The minimum Gasteiger partial charge on any atom is -0.334 e. The van der Waals surface area contributed by atoms with E-state index in [9.17, 15) is 9.59 Å². The van der Waals surface area contributed by atoms with Gasteiger partial charge in [0.2, 0.25) is 0 Å². The summed E-state index contributed by atoms with van der Waals surface area (Å²) in [6.07, 6.45) is 1.95. The zero-order valence-electron chi connectivity index (χ0n) is 14.2. The second kappa shape index (κ2) is 6.00. The molecule has 1 N–H and O–H groups in total. The Morgan fingerprint density at radius 1 is 1.30 bits per heavy atom. The van der Waals surface area contributed by atoms with E-state index in [1.807, 2.05) is 28.1 Å². The average Bonchev–Trinajstić information content (AvgIpc) is 3.33. The number of aromatic nitrogens is 4. The van der Waals surface area contributed by atoms with Crippen LogP contribution in [0.4, 0.5) is 0 Å². The number of imidazole rings is 1. The first-order valence-electron chi connectivity index (χ1n) is 8.18. The van der Waals surface area contributed by atoms with Crippen molar-refractivity contribution in [2.45, 2.75) is 6.54 Å². The highest BCUT2D eigenvalue weighted by Gasteiger charge is 2.19. The molecule has 5 aromatic rings. The summed E-state index contributed by atoms with van der Waals surface area (Å²) in [5.41, 5.74) is 1.35. The van der Waals surface area contributed by atoms with Gasteiger partial charge in [0.15, 0.2) is 4.96 Å². The van der Waals surface area contributed by atoms with Gasteiger partial charge in [0, 0.05) is 18.6 Å². The first-order valence-corrected chi connectivity index (χ1v) is 9.88. The maximum atomic E-state index is 12.8. The Balaban J connectivity index is 1.45. The molecular weight excluding hydrogens is 382 g/mol. The number of aromatic amines is 1. The molecule has 134 valence electrons. The standard InChI is InChI=1S/C18H13N5O2S2/c1-22(9-14-19-11-5-3-2-4-10(11)15(24)20-14)17(25)13-8-12-16(27-13)21-18-23(12)6-7-26-18/h2-8H,9H2,1H3,(H,19,20,24). The summed E-state index contributed by atoms with van der Waals surface area (Å²) in [5.74, 6) is 0.329. The van der Waals surface area contributed by atoms with Crippen LogP contribution < -0.4 is 5.56 Å². The molecule has 0 aliphatic rings. The van der Waals surface area contributed by atoms with Crippen LogP contribution in [0.3, 0.4) is 0 Å². The molecule has 0 fully saturated rings. The van der Waals surface area contributed by atoms with E-state index in [-0.39, 0.29) is 18.0 Å². The molecule has 0 saturated heterocycles. The van der Waals surface area contributed by atoms with Crippen molar-refractivity contribution >= 4 is 54.8 Å². The number of thiophene rings is 1. The molecule has 4 aromatic heterocycles. The summed E-state index contributed by atoms with van der Waals surface area (Å²) in [6.45, 7) is 0.218. The normalized spacial score (nSPS) is 11.6. The molecule has 0 aliphatic carbocycles. The molecule has 0 unspecified atom stereocenters. The second-order valence-electron chi connectivity index (χ2n) is 6.16. The molecule has 1 amide bonds. The fraction of sp³-hybridized carbons (Fsp3) is 0.111. The number of fused-ring (bicyclic) bond motifs is 4. The summed E-state index contributed by atoms with van der Waals surface area (Å²) in [5, 5.41) is 2.50. The summed E-state index contributed by atoms with van der Waals surface area (Å²) < 4.78 is 1.98. The highest BCUT2D eigenvalue weighted by molar-refractivity contribution is 7.21. The van der Waals surface area contributed by atoms with E-state index in [2.05, 4.69) is 15.0 Å². The molecule has 9 heteroatoms. The first-order chi connectivity index (χ1) is 13.1. The molecular formula is C18H13N5O2S2. The predicted molar refractivity (Wildman–Crippen MR) is 107 cm³/mol. The van der Waals surface area contributed by atoms with E-state index < -0.39 is 0 Å². The van der Waals surface area contributed by atoms with Crippen molar-refractivity contribution in [3.8, 4) is 0 Å². The largest absolute Gasteiger partial charge is 0.334 e. The number of benzene rings is 1. The van der Waals surface area contributed by atoms with Crippen LogP contribution in [-0.4, -0.2) is 37.2 Å². The maximum Gasteiger partial charge on any atom is 0.264 e. The SMILES string of the molecule is CN(Cc1nc2ccccc2c(=O)[nH]1)C(=O)c1cc2c(nc3sccn32)s1. The van der Waals surface area contributed by atoms with E-state index in [0.29, 0.717) is 21.6 Å². The molecule has 7 nitrogen and oxygen atoms in total. The van der Waals surface area contributed by atoms with Crippen molar-refractivity contribution < 1.29 is 4.79 Å². The van der Waals surface area contributed by atoms with E-state index in [0.717, 1.165) is 15.3 Å². The van der Waals surface area contributed by atoms with Crippen LogP contribution in [0.2, 0.25) is 0 Å². The van der Waals surface area contributed by atoms with Gasteiger partial charge in [0.25, 0.3) is 11.5 Å². The van der Waals surface area contributed by atoms with E-state index in [1.54, 1.807) is 41.5 Å². The predicted octanol–water partition coefficient (Wildman–Crippen LogP) is 3.12. The molecule has 4 heterocycles. The second-order valence-corrected chi connectivity index (χ2v) is 8.06. The molecule has 0 bridgehead atoms. The number of hydrogen-bond donors (Lipinski definition) is 1. The fourth-order valence-corrected chi connectivity index (χ4v) is 4.84. The van der Waals surface area contributed by atoms with Crippen molar-refractivity contribution in [3.05, 3.63) is 63.0 Å². The van der Waals surface area contributed by atoms with E-state index >= 15 is 0 Å². The molecule has 1 aromatic carbocycles. The first kappa shape index (κ1) is 16.2. The maximum absolute atomic E-state index is 12.8. The van der Waals surface area contributed by atoms with Gasteiger partial charge in [-0.15, -0.1) is 22.7 Å².